The first-order valence-electron chi connectivity index (χ1n) is 5.45. The largest absolute Gasteiger partial charge is 0.489 e. The fourth-order valence-corrected chi connectivity index (χ4v) is 1.51. The summed E-state index contributed by atoms with van der Waals surface area (Å²) in [7, 11) is 0. The molecule has 2 rings (SSSR count). The Balaban J connectivity index is 2.08. The Hall–Kier alpha value is -2.24. The molecule has 2 N–H and O–H groups in total. The van der Waals surface area contributed by atoms with Gasteiger partial charge in [-0.2, -0.15) is 13.2 Å². The molecule has 0 bridgehead atoms. The number of ether oxygens (including phenoxy) is 1. The monoisotopic (exact) mass is 268 g/mol. The van der Waals surface area contributed by atoms with E-state index < -0.39 is 11.7 Å². The van der Waals surface area contributed by atoms with E-state index in [9.17, 15) is 13.2 Å². The highest BCUT2D eigenvalue weighted by molar-refractivity contribution is 5.33. The van der Waals surface area contributed by atoms with E-state index in [1.54, 1.807) is 12.1 Å². The first kappa shape index (κ1) is 13.2. The lowest BCUT2D eigenvalue weighted by atomic mass is 10.2. The van der Waals surface area contributed by atoms with Gasteiger partial charge in [-0.15, -0.1) is 0 Å². The van der Waals surface area contributed by atoms with Gasteiger partial charge in [0.05, 0.1) is 5.56 Å². The maximum absolute atomic E-state index is 12.5. The second-order valence-electron chi connectivity index (χ2n) is 3.90. The first-order chi connectivity index (χ1) is 8.95. The molecule has 0 saturated carbocycles. The number of pyridine rings is 1. The summed E-state index contributed by atoms with van der Waals surface area (Å²) in [5.74, 6) is 0.496. The van der Waals surface area contributed by atoms with E-state index in [4.69, 9.17) is 10.5 Å². The van der Waals surface area contributed by atoms with Crippen molar-refractivity contribution in [2.24, 2.45) is 0 Å². The molecule has 0 radical (unpaired) electrons. The van der Waals surface area contributed by atoms with Gasteiger partial charge >= 0.3 is 6.18 Å². The first-order valence-corrected chi connectivity index (χ1v) is 5.45. The summed E-state index contributed by atoms with van der Waals surface area (Å²) in [5.41, 5.74) is 5.50. The zero-order chi connectivity index (χ0) is 13.9. The highest BCUT2D eigenvalue weighted by Crippen LogP contribution is 2.31. The van der Waals surface area contributed by atoms with Crippen molar-refractivity contribution in [1.82, 2.24) is 4.98 Å². The van der Waals surface area contributed by atoms with Crippen molar-refractivity contribution in [3.63, 3.8) is 0 Å². The van der Waals surface area contributed by atoms with E-state index in [1.165, 1.54) is 18.3 Å². The zero-order valence-corrected chi connectivity index (χ0v) is 9.82. The lowest BCUT2D eigenvalue weighted by molar-refractivity contribution is -0.137. The van der Waals surface area contributed by atoms with E-state index in [2.05, 4.69) is 4.98 Å². The Morgan fingerprint density at radius 1 is 1.16 bits per heavy atom. The topological polar surface area (TPSA) is 48.1 Å². The fraction of sp³-hybridized carbons (Fsp3) is 0.154. The van der Waals surface area contributed by atoms with Gasteiger partial charge in [0.1, 0.15) is 18.2 Å². The molecule has 6 heteroatoms. The quantitative estimate of drug-likeness (QED) is 0.929. The lowest BCUT2D eigenvalue weighted by Crippen LogP contribution is -2.05. The van der Waals surface area contributed by atoms with Crippen LogP contribution in [-0.2, 0) is 12.8 Å². The molecule has 1 aromatic heterocycles. The molecule has 0 unspecified atom stereocenters. The minimum atomic E-state index is -4.37. The number of hydrogen-bond acceptors (Lipinski definition) is 3. The smallest absolute Gasteiger partial charge is 0.416 e. The number of nitrogen functional groups attached to an aromatic ring is 1. The predicted molar refractivity (Wildman–Crippen MR) is 64.4 cm³/mol. The number of benzene rings is 1. The van der Waals surface area contributed by atoms with Crippen LogP contribution in [0.4, 0.5) is 19.0 Å². The number of nitrogens with zero attached hydrogens (tertiary/aromatic N) is 1. The number of aromatic nitrogens is 1. The fourth-order valence-electron chi connectivity index (χ4n) is 1.51. The number of nitrogens with two attached hydrogens (primary N) is 1. The number of halogens is 3. The van der Waals surface area contributed by atoms with Gasteiger partial charge in [0, 0.05) is 6.20 Å². The van der Waals surface area contributed by atoms with Crippen LogP contribution in [-0.4, -0.2) is 4.98 Å². The normalized spacial score (nSPS) is 11.3. The summed E-state index contributed by atoms with van der Waals surface area (Å²) in [6.45, 7) is 0.133. The standard InChI is InChI=1S/C13H11F3N2O/c14-13(15,16)10-2-1-3-11(7-10)19-8-9-4-5-18-12(17)6-9/h1-7H,8H2,(H2,17,18). The maximum atomic E-state index is 12.5. The Labute approximate surface area is 107 Å². The number of alkyl halides is 3. The van der Waals surface area contributed by atoms with Gasteiger partial charge in [0.2, 0.25) is 0 Å². The Morgan fingerprint density at radius 3 is 2.63 bits per heavy atom. The molecule has 2 aromatic rings. The van der Waals surface area contributed by atoms with Crippen molar-refractivity contribution in [1.29, 1.82) is 0 Å². The van der Waals surface area contributed by atoms with Crippen LogP contribution in [0.1, 0.15) is 11.1 Å². The summed E-state index contributed by atoms with van der Waals surface area (Å²) in [4.78, 5) is 3.81. The molecule has 1 heterocycles. The molecule has 100 valence electrons. The third kappa shape index (κ3) is 3.61. The second kappa shape index (κ2) is 5.17. The third-order valence-electron chi connectivity index (χ3n) is 2.41. The molecule has 0 amide bonds. The number of rotatable bonds is 3. The highest BCUT2D eigenvalue weighted by atomic mass is 19.4. The highest BCUT2D eigenvalue weighted by Gasteiger charge is 2.30. The summed E-state index contributed by atoms with van der Waals surface area (Å²) < 4.78 is 42.8. The SMILES string of the molecule is Nc1cc(COc2cccc(C(F)(F)F)c2)ccn1. The molecule has 3 nitrogen and oxygen atoms in total. The molecule has 0 spiro atoms. The van der Waals surface area contributed by atoms with Gasteiger partial charge in [-0.25, -0.2) is 4.98 Å². The molecule has 0 aliphatic heterocycles. The molecular weight excluding hydrogens is 257 g/mol. The number of hydrogen-bond donors (Lipinski definition) is 1. The van der Waals surface area contributed by atoms with Gasteiger partial charge in [-0.1, -0.05) is 6.07 Å². The molecule has 0 fully saturated rings. The molecule has 0 aliphatic carbocycles. The Bertz CT molecular complexity index is 570. The molecule has 19 heavy (non-hydrogen) atoms. The molecular formula is C13H11F3N2O. The van der Waals surface area contributed by atoms with Gasteiger partial charge in [-0.05, 0) is 35.9 Å². The van der Waals surface area contributed by atoms with Crippen molar-refractivity contribution in [3.8, 4) is 5.75 Å². The van der Waals surface area contributed by atoms with Crippen LogP contribution >= 0.6 is 0 Å². The summed E-state index contributed by atoms with van der Waals surface area (Å²) in [5, 5.41) is 0. The average Bonchev–Trinajstić information content (AvgIpc) is 2.36. The third-order valence-corrected chi connectivity index (χ3v) is 2.41. The van der Waals surface area contributed by atoms with Gasteiger partial charge in [0.25, 0.3) is 0 Å². The summed E-state index contributed by atoms with van der Waals surface area (Å²) in [6, 6.07) is 8.03. The minimum absolute atomic E-state index is 0.133. The van der Waals surface area contributed by atoms with Gasteiger partial charge in [-0.3, -0.25) is 0 Å². The Morgan fingerprint density at radius 2 is 1.95 bits per heavy atom. The van der Waals surface area contributed by atoms with Crippen LogP contribution in [0.3, 0.4) is 0 Å². The van der Waals surface area contributed by atoms with Crippen molar-refractivity contribution in [3.05, 3.63) is 53.7 Å². The summed E-state index contributed by atoms with van der Waals surface area (Å²) >= 11 is 0. The van der Waals surface area contributed by atoms with Crippen molar-refractivity contribution in [2.75, 3.05) is 5.73 Å². The molecule has 0 atom stereocenters. The van der Waals surface area contributed by atoms with E-state index in [0.29, 0.717) is 5.82 Å². The van der Waals surface area contributed by atoms with E-state index in [1.807, 2.05) is 0 Å². The van der Waals surface area contributed by atoms with Crippen LogP contribution < -0.4 is 10.5 Å². The molecule has 1 aromatic carbocycles. The van der Waals surface area contributed by atoms with E-state index in [-0.39, 0.29) is 12.4 Å². The second-order valence-corrected chi connectivity index (χ2v) is 3.90. The average molecular weight is 268 g/mol. The van der Waals surface area contributed by atoms with Crippen LogP contribution in [0.2, 0.25) is 0 Å². The zero-order valence-electron chi connectivity index (χ0n) is 9.82. The van der Waals surface area contributed by atoms with Crippen LogP contribution in [0.5, 0.6) is 5.75 Å². The predicted octanol–water partition coefficient (Wildman–Crippen LogP) is 3.26. The molecule has 0 aliphatic rings. The van der Waals surface area contributed by atoms with E-state index >= 15 is 0 Å². The Kier molecular flexibility index (Phi) is 3.59. The summed E-state index contributed by atoms with van der Waals surface area (Å²) in [6.07, 6.45) is -2.86. The maximum Gasteiger partial charge on any atom is 0.416 e. The van der Waals surface area contributed by atoms with E-state index in [0.717, 1.165) is 17.7 Å². The van der Waals surface area contributed by atoms with Gasteiger partial charge < -0.3 is 10.5 Å². The molecule has 0 saturated heterocycles. The lowest BCUT2D eigenvalue weighted by Gasteiger charge is -2.10. The van der Waals surface area contributed by atoms with Crippen molar-refractivity contribution >= 4 is 5.82 Å². The van der Waals surface area contributed by atoms with Crippen LogP contribution in [0.25, 0.3) is 0 Å². The number of anilines is 1. The minimum Gasteiger partial charge on any atom is -0.489 e. The van der Waals surface area contributed by atoms with Crippen molar-refractivity contribution < 1.29 is 17.9 Å². The van der Waals surface area contributed by atoms with Gasteiger partial charge in [0.15, 0.2) is 0 Å². The van der Waals surface area contributed by atoms with Crippen LogP contribution in [0, 0.1) is 0 Å². The van der Waals surface area contributed by atoms with Crippen LogP contribution in [0.15, 0.2) is 42.6 Å². The van der Waals surface area contributed by atoms with Crippen molar-refractivity contribution in [2.45, 2.75) is 12.8 Å².